The molecule has 1 heterocycles. The smallest absolute Gasteiger partial charge is 0.191 e. The molecular formula is C13H25N3O2S. The SMILES string of the molecule is CC1CCCN(C(N)=NCC2(CS(C)(=O)=O)CC2)C1. The van der Waals surface area contributed by atoms with E-state index in [1.54, 1.807) is 0 Å². The molecule has 2 fully saturated rings. The van der Waals surface area contributed by atoms with Crippen molar-refractivity contribution in [2.24, 2.45) is 22.1 Å². The highest BCUT2D eigenvalue weighted by Gasteiger charge is 2.45. The Labute approximate surface area is 116 Å². The molecule has 6 heteroatoms. The molecule has 1 saturated carbocycles. The average Bonchev–Trinajstić information content (AvgIpc) is 3.04. The van der Waals surface area contributed by atoms with Gasteiger partial charge in [-0.2, -0.15) is 0 Å². The van der Waals surface area contributed by atoms with Crippen molar-refractivity contribution in [3.05, 3.63) is 0 Å². The zero-order valence-corrected chi connectivity index (χ0v) is 12.7. The van der Waals surface area contributed by atoms with Crippen molar-refractivity contribution in [3.63, 3.8) is 0 Å². The number of likely N-dealkylation sites (tertiary alicyclic amines) is 1. The fraction of sp³-hybridized carbons (Fsp3) is 0.923. The van der Waals surface area contributed by atoms with E-state index in [2.05, 4.69) is 16.8 Å². The van der Waals surface area contributed by atoms with Crippen LogP contribution in [0.15, 0.2) is 4.99 Å². The molecule has 2 rings (SSSR count). The van der Waals surface area contributed by atoms with Gasteiger partial charge in [-0.15, -0.1) is 0 Å². The number of aliphatic imine (C=N–C) groups is 1. The number of nitrogens with two attached hydrogens (primary N) is 1. The fourth-order valence-electron chi connectivity index (χ4n) is 2.83. The molecule has 2 aliphatic rings. The van der Waals surface area contributed by atoms with Gasteiger partial charge >= 0.3 is 0 Å². The molecule has 0 aromatic carbocycles. The fourth-order valence-corrected chi connectivity index (χ4v) is 4.32. The van der Waals surface area contributed by atoms with E-state index < -0.39 is 9.84 Å². The van der Waals surface area contributed by atoms with Crippen LogP contribution < -0.4 is 5.73 Å². The van der Waals surface area contributed by atoms with Gasteiger partial charge in [0.25, 0.3) is 0 Å². The number of rotatable bonds is 4. The Balaban J connectivity index is 1.91. The van der Waals surface area contributed by atoms with Crippen LogP contribution in [0.3, 0.4) is 0 Å². The number of nitrogens with zero attached hydrogens (tertiary/aromatic N) is 2. The van der Waals surface area contributed by atoms with Gasteiger partial charge in [-0.3, -0.25) is 4.99 Å². The summed E-state index contributed by atoms with van der Waals surface area (Å²) < 4.78 is 22.8. The van der Waals surface area contributed by atoms with E-state index in [-0.39, 0.29) is 11.2 Å². The van der Waals surface area contributed by atoms with Gasteiger partial charge in [-0.05, 0) is 31.6 Å². The molecular weight excluding hydrogens is 262 g/mol. The lowest BCUT2D eigenvalue weighted by atomic mass is 10.0. The Hall–Kier alpha value is -0.780. The van der Waals surface area contributed by atoms with Crippen LogP contribution in [-0.2, 0) is 9.84 Å². The van der Waals surface area contributed by atoms with E-state index in [1.165, 1.54) is 12.7 Å². The third-order valence-corrected chi connectivity index (χ3v) is 5.22. The van der Waals surface area contributed by atoms with E-state index in [9.17, 15) is 8.42 Å². The summed E-state index contributed by atoms with van der Waals surface area (Å²) in [6.45, 7) is 4.72. The van der Waals surface area contributed by atoms with Crippen molar-refractivity contribution in [1.82, 2.24) is 4.90 Å². The molecule has 0 amide bonds. The summed E-state index contributed by atoms with van der Waals surface area (Å²) in [6.07, 6.45) is 5.61. The Bertz CT molecular complexity index is 455. The van der Waals surface area contributed by atoms with E-state index >= 15 is 0 Å². The summed E-state index contributed by atoms with van der Waals surface area (Å²) in [4.78, 5) is 6.59. The summed E-state index contributed by atoms with van der Waals surface area (Å²) in [5.74, 6) is 1.49. The van der Waals surface area contributed by atoms with Gasteiger partial charge in [0, 0.05) is 31.3 Å². The van der Waals surface area contributed by atoms with Crippen molar-refractivity contribution < 1.29 is 8.42 Å². The van der Waals surface area contributed by atoms with Crippen LogP contribution in [0.1, 0.15) is 32.6 Å². The van der Waals surface area contributed by atoms with Crippen molar-refractivity contribution in [1.29, 1.82) is 0 Å². The molecule has 1 saturated heterocycles. The van der Waals surface area contributed by atoms with Crippen LogP contribution in [0.5, 0.6) is 0 Å². The first-order valence-corrected chi connectivity index (χ1v) is 9.08. The third kappa shape index (κ3) is 4.37. The lowest BCUT2D eigenvalue weighted by Gasteiger charge is -2.31. The predicted octanol–water partition coefficient (Wildman–Crippen LogP) is 0.858. The van der Waals surface area contributed by atoms with Gasteiger partial charge in [0.15, 0.2) is 5.96 Å². The van der Waals surface area contributed by atoms with Crippen LogP contribution in [0.25, 0.3) is 0 Å². The normalized spacial score (nSPS) is 27.4. The molecule has 0 aromatic heterocycles. The topological polar surface area (TPSA) is 75.8 Å². The zero-order chi connectivity index (χ0) is 14.1. The monoisotopic (exact) mass is 287 g/mol. The molecule has 5 nitrogen and oxygen atoms in total. The molecule has 0 radical (unpaired) electrons. The highest BCUT2D eigenvalue weighted by Crippen LogP contribution is 2.46. The minimum absolute atomic E-state index is 0.125. The van der Waals surface area contributed by atoms with Crippen LogP contribution in [-0.4, -0.2) is 50.9 Å². The first-order chi connectivity index (χ1) is 8.80. The first-order valence-electron chi connectivity index (χ1n) is 7.02. The summed E-state index contributed by atoms with van der Waals surface area (Å²) >= 11 is 0. The molecule has 110 valence electrons. The number of sulfone groups is 1. The van der Waals surface area contributed by atoms with E-state index in [1.807, 2.05) is 0 Å². The molecule has 1 aliphatic carbocycles. The van der Waals surface area contributed by atoms with Crippen molar-refractivity contribution in [2.75, 3.05) is 31.6 Å². The minimum atomic E-state index is -2.92. The molecule has 0 bridgehead atoms. The second-order valence-corrected chi connectivity index (χ2v) is 8.58. The molecule has 1 atom stereocenters. The van der Waals surface area contributed by atoms with Crippen LogP contribution in [0.4, 0.5) is 0 Å². The predicted molar refractivity (Wildman–Crippen MR) is 77.8 cm³/mol. The van der Waals surface area contributed by atoms with Gasteiger partial charge in [-0.1, -0.05) is 6.92 Å². The van der Waals surface area contributed by atoms with Crippen LogP contribution >= 0.6 is 0 Å². The van der Waals surface area contributed by atoms with E-state index in [0.29, 0.717) is 18.4 Å². The van der Waals surface area contributed by atoms with Gasteiger partial charge in [0.05, 0.1) is 5.75 Å². The first kappa shape index (κ1) is 14.6. The highest BCUT2D eigenvalue weighted by atomic mass is 32.2. The van der Waals surface area contributed by atoms with Crippen molar-refractivity contribution in [3.8, 4) is 0 Å². The van der Waals surface area contributed by atoms with Crippen LogP contribution in [0, 0.1) is 11.3 Å². The van der Waals surface area contributed by atoms with Gasteiger partial charge < -0.3 is 10.6 Å². The number of piperidine rings is 1. The Morgan fingerprint density at radius 2 is 2.16 bits per heavy atom. The van der Waals surface area contributed by atoms with Crippen LogP contribution in [0.2, 0.25) is 0 Å². The third-order valence-electron chi connectivity index (χ3n) is 4.08. The zero-order valence-electron chi connectivity index (χ0n) is 11.9. The highest BCUT2D eigenvalue weighted by molar-refractivity contribution is 7.90. The summed E-state index contributed by atoms with van der Waals surface area (Å²) in [5, 5.41) is 0. The van der Waals surface area contributed by atoms with Crippen molar-refractivity contribution in [2.45, 2.75) is 32.6 Å². The quantitative estimate of drug-likeness (QED) is 0.614. The maximum atomic E-state index is 11.4. The standard InChI is InChI=1S/C13H25N3O2S/c1-11-4-3-7-16(8-11)12(14)15-9-13(5-6-13)10-19(2,17)18/h11H,3-10H2,1-2H3,(H2,14,15). The lowest BCUT2D eigenvalue weighted by molar-refractivity contribution is 0.270. The second kappa shape index (κ2) is 5.31. The summed E-state index contributed by atoms with van der Waals surface area (Å²) in [6, 6.07) is 0. The number of hydrogen-bond donors (Lipinski definition) is 1. The van der Waals surface area contributed by atoms with E-state index in [0.717, 1.165) is 32.4 Å². The molecule has 0 aromatic rings. The van der Waals surface area contributed by atoms with Gasteiger partial charge in [-0.25, -0.2) is 8.42 Å². The van der Waals surface area contributed by atoms with E-state index in [4.69, 9.17) is 5.73 Å². The van der Waals surface area contributed by atoms with Gasteiger partial charge in [0.1, 0.15) is 9.84 Å². The van der Waals surface area contributed by atoms with Gasteiger partial charge in [0.2, 0.25) is 0 Å². The maximum absolute atomic E-state index is 11.4. The number of guanidine groups is 1. The Kier molecular flexibility index (Phi) is 4.08. The van der Waals surface area contributed by atoms with Crippen molar-refractivity contribution >= 4 is 15.8 Å². The molecule has 19 heavy (non-hydrogen) atoms. The Morgan fingerprint density at radius 3 is 2.68 bits per heavy atom. The number of hydrogen-bond acceptors (Lipinski definition) is 3. The lowest BCUT2D eigenvalue weighted by Crippen LogP contribution is -2.43. The largest absolute Gasteiger partial charge is 0.370 e. The summed E-state index contributed by atoms with van der Waals surface area (Å²) in [7, 11) is -2.92. The summed E-state index contributed by atoms with van der Waals surface area (Å²) in [5.41, 5.74) is 5.91. The molecule has 0 spiro atoms. The molecule has 1 unspecified atom stereocenters. The average molecular weight is 287 g/mol. The second-order valence-electron chi connectivity index (χ2n) is 6.44. The Morgan fingerprint density at radius 1 is 1.47 bits per heavy atom. The minimum Gasteiger partial charge on any atom is -0.370 e. The molecule has 2 N–H and O–H groups in total. The maximum Gasteiger partial charge on any atom is 0.191 e. The molecule has 1 aliphatic heterocycles.